The number of benzene rings is 1. The van der Waals surface area contributed by atoms with Gasteiger partial charge in [0.05, 0.1) is 12.6 Å². The summed E-state index contributed by atoms with van der Waals surface area (Å²) in [7, 11) is 4.03. The normalized spacial score (nSPS) is 18.4. The molecule has 110 valence electrons. The Labute approximate surface area is 121 Å². The molecule has 0 bridgehead atoms. The molecule has 0 aromatic heterocycles. The number of carbonyl (C=O) groups is 1. The van der Waals surface area contributed by atoms with Gasteiger partial charge in [0.15, 0.2) is 0 Å². The van der Waals surface area contributed by atoms with Crippen molar-refractivity contribution in [2.24, 2.45) is 0 Å². The van der Waals surface area contributed by atoms with Crippen LogP contribution in [0.3, 0.4) is 0 Å². The van der Waals surface area contributed by atoms with Gasteiger partial charge in [-0.25, -0.2) is 0 Å². The van der Waals surface area contributed by atoms with E-state index in [4.69, 9.17) is 0 Å². The second-order valence-electron chi connectivity index (χ2n) is 5.63. The van der Waals surface area contributed by atoms with Crippen LogP contribution < -0.4 is 4.90 Å². The summed E-state index contributed by atoms with van der Waals surface area (Å²) in [5.41, 5.74) is 2.35. The smallest absolute Gasteiger partial charge is 0.223 e. The molecule has 0 spiro atoms. The predicted octanol–water partition coefficient (Wildman–Crippen LogP) is 1.67. The van der Waals surface area contributed by atoms with E-state index in [0.29, 0.717) is 6.42 Å². The van der Waals surface area contributed by atoms with E-state index in [1.165, 1.54) is 11.3 Å². The minimum absolute atomic E-state index is 0.0404. The Morgan fingerprint density at radius 1 is 1.35 bits per heavy atom. The van der Waals surface area contributed by atoms with Gasteiger partial charge in [-0.15, -0.1) is 0 Å². The maximum absolute atomic E-state index is 12.2. The third-order valence-corrected chi connectivity index (χ3v) is 3.99. The van der Waals surface area contributed by atoms with Gasteiger partial charge < -0.3 is 14.9 Å². The van der Waals surface area contributed by atoms with Gasteiger partial charge in [-0.2, -0.15) is 0 Å². The van der Waals surface area contributed by atoms with Crippen LogP contribution in [0.15, 0.2) is 24.3 Å². The van der Waals surface area contributed by atoms with E-state index < -0.39 is 0 Å². The van der Waals surface area contributed by atoms with Gasteiger partial charge in [0.25, 0.3) is 0 Å². The van der Waals surface area contributed by atoms with Crippen LogP contribution in [0.25, 0.3) is 0 Å². The van der Waals surface area contributed by atoms with Crippen LogP contribution in [0.2, 0.25) is 0 Å². The third-order valence-electron chi connectivity index (χ3n) is 3.99. The zero-order chi connectivity index (χ0) is 14.5. The van der Waals surface area contributed by atoms with Crippen molar-refractivity contribution in [2.45, 2.75) is 31.7 Å². The van der Waals surface area contributed by atoms with Crippen LogP contribution in [0.1, 0.15) is 24.8 Å². The number of carbonyl (C=O) groups excluding carboxylic acids is 1. The van der Waals surface area contributed by atoms with Crippen molar-refractivity contribution in [3.63, 3.8) is 0 Å². The fraction of sp³-hybridized carbons (Fsp3) is 0.562. The standard InChI is InChI=1S/C16H24N2O2/c1-17(2)14-8-5-13(6-9-14)7-10-16(20)18-11-3-4-15(18)12-19/h5-6,8-9,15,19H,3-4,7,10-12H2,1-2H3. The molecule has 0 aliphatic carbocycles. The third kappa shape index (κ3) is 3.51. The molecule has 1 unspecified atom stereocenters. The van der Waals surface area contributed by atoms with Crippen molar-refractivity contribution in [3.05, 3.63) is 29.8 Å². The van der Waals surface area contributed by atoms with Crippen LogP contribution in [0, 0.1) is 0 Å². The molecule has 1 aromatic carbocycles. The number of aliphatic hydroxyl groups excluding tert-OH is 1. The number of likely N-dealkylation sites (tertiary alicyclic amines) is 1. The van der Waals surface area contributed by atoms with E-state index in [1.807, 2.05) is 19.0 Å². The number of anilines is 1. The van der Waals surface area contributed by atoms with E-state index in [0.717, 1.165) is 25.8 Å². The summed E-state index contributed by atoms with van der Waals surface area (Å²) >= 11 is 0. The monoisotopic (exact) mass is 276 g/mol. The van der Waals surface area contributed by atoms with Crippen LogP contribution in [0.4, 0.5) is 5.69 Å². The molecular weight excluding hydrogens is 252 g/mol. The van der Waals surface area contributed by atoms with Gasteiger partial charge >= 0.3 is 0 Å². The fourth-order valence-electron chi connectivity index (χ4n) is 2.71. The molecule has 1 heterocycles. The van der Waals surface area contributed by atoms with Crippen LogP contribution >= 0.6 is 0 Å². The summed E-state index contributed by atoms with van der Waals surface area (Å²) < 4.78 is 0. The van der Waals surface area contributed by atoms with Crippen molar-refractivity contribution in [1.82, 2.24) is 4.90 Å². The molecule has 1 aliphatic heterocycles. The first-order valence-corrected chi connectivity index (χ1v) is 7.28. The fourth-order valence-corrected chi connectivity index (χ4v) is 2.71. The highest BCUT2D eigenvalue weighted by atomic mass is 16.3. The first kappa shape index (κ1) is 14.9. The van der Waals surface area contributed by atoms with E-state index in [1.54, 1.807) is 0 Å². The first-order chi connectivity index (χ1) is 9.61. The maximum Gasteiger partial charge on any atom is 0.223 e. The van der Waals surface area contributed by atoms with Crippen LogP contribution in [-0.4, -0.2) is 49.2 Å². The van der Waals surface area contributed by atoms with E-state index in [2.05, 4.69) is 29.2 Å². The topological polar surface area (TPSA) is 43.8 Å². The van der Waals surface area contributed by atoms with E-state index in [-0.39, 0.29) is 18.6 Å². The molecule has 1 aliphatic rings. The molecule has 4 nitrogen and oxygen atoms in total. The number of amides is 1. The maximum atomic E-state index is 12.2. The lowest BCUT2D eigenvalue weighted by atomic mass is 10.1. The van der Waals surface area contributed by atoms with Gasteiger partial charge in [0.1, 0.15) is 0 Å². The Hall–Kier alpha value is -1.55. The number of aryl methyl sites for hydroxylation is 1. The average Bonchev–Trinajstić information content (AvgIpc) is 2.93. The van der Waals surface area contributed by atoms with Gasteiger partial charge in [-0.3, -0.25) is 4.79 Å². The highest BCUT2D eigenvalue weighted by Gasteiger charge is 2.27. The average molecular weight is 276 g/mol. The molecule has 1 aromatic rings. The van der Waals surface area contributed by atoms with Crippen molar-refractivity contribution >= 4 is 11.6 Å². The Morgan fingerprint density at radius 2 is 2.05 bits per heavy atom. The van der Waals surface area contributed by atoms with E-state index >= 15 is 0 Å². The molecule has 1 fully saturated rings. The molecule has 1 amide bonds. The lowest BCUT2D eigenvalue weighted by Gasteiger charge is -2.23. The zero-order valence-corrected chi connectivity index (χ0v) is 12.4. The number of hydrogen-bond donors (Lipinski definition) is 1. The minimum atomic E-state index is 0.0404. The number of aliphatic hydroxyl groups is 1. The highest BCUT2D eigenvalue weighted by Crippen LogP contribution is 2.19. The first-order valence-electron chi connectivity index (χ1n) is 7.28. The predicted molar refractivity (Wildman–Crippen MR) is 80.9 cm³/mol. The second kappa shape index (κ2) is 6.75. The molecule has 2 rings (SSSR count). The van der Waals surface area contributed by atoms with Crippen molar-refractivity contribution in [1.29, 1.82) is 0 Å². The van der Waals surface area contributed by atoms with Gasteiger partial charge in [0, 0.05) is 32.7 Å². The minimum Gasteiger partial charge on any atom is -0.394 e. The number of hydrogen-bond acceptors (Lipinski definition) is 3. The van der Waals surface area contributed by atoms with Crippen molar-refractivity contribution in [2.75, 3.05) is 32.1 Å². The van der Waals surface area contributed by atoms with Gasteiger partial charge in [-0.05, 0) is 37.0 Å². The Kier molecular flexibility index (Phi) is 5.01. The largest absolute Gasteiger partial charge is 0.394 e. The number of nitrogens with zero attached hydrogens (tertiary/aromatic N) is 2. The Bertz CT molecular complexity index is 442. The number of rotatable bonds is 5. The molecule has 1 atom stereocenters. The zero-order valence-electron chi connectivity index (χ0n) is 12.4. The molecule has 0 radical (unpaired) electrons. The summed E-state index contributed by atoms with van der Waals surface area (Å²) in [6.07, 6.45) is 3.23. The molecule has 1 saturated heterocycles. The molecule has 1 N–H and O–H groups in total. The van der Waals surface area contributed by atoms with E-state index in [9.17, 15) is 9.90 Å². The highest BCUT2D eigenvalue weighted by molar-refractivity contribution is 5.77. The van der Waals surface area contributed by atoms with Crippen LogP contribution in [0.5, 0.6) is 0 Å². The summed E-state index contributed by atoms with van der Waals surface area (Å²) in [6.45, 7) is 0.882. The lowest BCUT2D eigenvalue weighted by molar-refractivity contribution is -0.132. The molecule has 20 heavy (non-hydrogen) atoms. The molecule has 4 heteroatoms. The van der Waals surface area contributed by atoms with Crippen molar-refractivity contribution < 1.29 is 9.90 Å². The summed E-state index contributed by atoms with van der Waals surface area (Å²) in [5, 5.41) is 9.25. The SMILES string of the molecule is CN(C)c1ccc(CCC(=O)N2CCCC2CO)cc1. The quantitative estimate of drug-likeness (QED) is 0.889. The second-order valence-corrected chi connectivity index (χ2v) is 5.63. The Balaban J connectivity index is 1.87. The molecular formula is C16H24N2O2. The summed E-state index contributed by atoms with van der Waals surface area (Å²) in [4.78, 5) is 16.1. The summed E-state index contributed by atoms with van der Waals surface area (Å²) in [5.74, 6) is 0.165. The molecule has 0 saturated carbocycles. The van der Waals surface area contributed by atoms with Gasteiger partial charge in [0.2, 0.25) is 5.91 Å². The summed E-state index contributed by atoms with van der Waals surface area (Å²) in [6, 6.07) is 8.35. The lowest BCUT2D eigenvalue weighted by Crippen LogP contribution is -2.37. The van der Waals surface area contributed by atoms with Gasteiger partial charge in [-0.1, -0.05) is 12.1 Å². The van der Waals surface area contributed by atoms with Crippen molar-refractivity contribution in [3.8, 4) is 0 Å². The Morgan fingerprint density at radius 3 is 2.65 bits per heavy atom. The van der Waals surface area contributed by atoms with Crippen LogP contribution in [-0.2, 0) is 11.2 Å².